The van der Waals surface area contributed by atoms with Crippen molar-refractivity contribution in [2.24, 2.45) is 11.7 Å². The molecule has 0 unspecified atom stereocenters. The number of benzene rings is 2. The van der Waals surface area contributed by atoms with Crippen LogP contribution in [0.4, 0.5) is 5.69 Å². The average Bonchev–Trinajstić information content (AvgIpc) is 3.09. The molecule has 2 N–H and O–H groups in total. The molecule has 0 amide bonds. The van der Waals surface area contributed by atoms with E-state index < -0.39 is 14.9 Å². The van der Waals surface area contributed by atoms with Gasteiger partial charge in [0, 0.05) is 25.1 Å². The van der Waals surface area contributed by atoms with Crippen molar-refractivity contribution in [1.29, 1.82) is 0 Å². The van der Waals surface area contributed by atoms with E-state index in [-0.39, 0.29) is 35.5 Å². The van der Waals surface area contributed by atoms with Crippen molar-refractivity contribution in [3.05, 3.63) is 69.3 Å². The SMILES string of the molecule is Cc1ccc([N+](=O)[O-])c(S(=O)(=O)N2C[C@@H](CN)[C@H](c3ccccc3)C2)c1C. The number of nitrogens with two attached hydrogens (primary N) is 1. The highest BCUT2D eigenvalue weighted by molar-refractivity contribution is 7.89. The first-order valence-electron chi connectivity index (χ1n) is 8.77. The minimum absolute atomic E-state index is 0.0323. The summed E-state index contributed by atoms with van der Waals surface area (Å²) in [5, 5.41) is 11.5. The van der Waals surface area contributed by atoms with E-state index >= 15 is 0 Å². The fourth-order valence-corrected chi connectivity index (χ4v) is 5.68. The molecule has 0 radical (unpaired) electrons. The van der Waals surface area contributed by atoms with Crippen LogP contribution in [-0.4, -0.2) is 37.3 Å². The molecule has 0 saturated carbocycles. The number of nitro benzene ring substituents is 1. The first-order chi connectivity index (χ1) is 12.8. The number of nitrogens with zero attached hydrogens (tertiary/aromatic N) is 2. The molecule has 0 aromatic heterocycles. The second-order valence-electron chi connectivity index (χ2n) is 6.95. The molecule has 1 heterocycles. The van der Waals surface area contributed by atoms with Gasteiger partial charge in [-0.1, -0.05) is 36.4 Å². The summed E-state index contributed by atoms with van der Waals surface area (Å²) in [5.74, 6) is -0.0681. The van der Waals surface area contributed by atoms with Crippen molar-refractivity contribution in [3.8, 4) is 0 Å². The molecule has 0 aliphatic carbocycles. The van der Waals surface area contributed by atoms with E-state index in [4.69, 9.17) is 5.73 Å². The molecule has 0 spiro atoms. The van der Waals surface area contributed by atoms with E-state index in [1.807, 2.05) is 30.3 Å². The molecular formula is C19H23N3O4S. The molecule has 2 aromatic carbocycles. The van der Waals surface area contributed by atoms with Gasteiger partial charge in [0.25, 0.3) is 5.69 Å². The number of hydrogen-bond acceptors (Lipinski definition) is 5. The lowest BCUT2D eigenvalue weighted by Crippen LogP contribution is -2.31. The van der Waals surface area contributed by atoms with E-state index in [2.05, 4.69) is 0 Å². The van der Waals surface area contributed by atoms with Crippen LogP contribution >= 0.6 is 0 Å². The largest absolute Gasteiger partial charge is 0.330 e. The lowest BCUT2D eigenvalue weighted by Gasteiger charge is -2.19. The van der Waals surface area contributed by atoms with Gasteiger partial charge in [-0.05, 0) is 43.0 Å². The van der Waals surface area contributed by atoms with Crippen LogP contribution in [0.15, 0.2) is 47.4 Å². The van der Waals surface area contributed by atoms with Gasteiger partial charge in [-0.15, -0.1) is 0 Å². The van der Waals surface area contributed by atoms with Crippen molar-refractivity contribution in [2.45, 2.75) is 24.7 Å². The second-order valence-corrected chi connectivity index (χ2v) is 8.82. The number of aryl methyl sites for hydroxylation is 1. The van der Waals surface area contributed by atoms with Gasteiger partial charge in [-0.25, -0.2) is 8.42 Å². The third kappa shape index (κ3) is 3.47. The fraction of sp³-hybridized carbons (Fsp3) is 0.368. The van der Waals surface area contributed by atoms with Gasteiger partial charge in [0.1, 0.15) is 0 Å². The summed E-state index contributed by atoms with van der Waals surface area (Å²) in [6.07, 6.45) is 0. The zero-order valence-corrected chi connectivity index (χ0v) is 16.1. The number of nitro groups is 1. The maximum atomic E-state index is 13.4. The highest BCUT2D eigenvalue weighted by Gasteiger charge is 2.42. The summed E-state index contributed by atoms with van der Waals surface area (Å²) in [4.78, 5) is 10.6. The van der Waals surface area contributed by atoms with Crippen LogP contribution in [0.2, 0.25) is 0 Å². The molecule has 1 fully saturated rings. The van der Waals surface area contributed by atoms with Crippen LogP contribution in [-0.2, 0) is 10.0 Å². The standard InChI is InChI=1S/C19H23N3O4S/c1-13-8-9-18(22(23)24)19(14(13)2)27(25,26)21-11-16(10-20)17(12-21)15-6-4-3-5-7-15/h3-9,16-17H,10-12,20H2,1-2H3/t16-,17+/m1/s1. The maximum Gasteiger partial charge on any atom is 0.289 e. The van der Waals surface area contributed by atoms with Crippen molar-refractivity contribution >= 4 is 15.7 Å². The topological polar surface area (TPSA) is 107 Å². The van der Waals surface area contributed by atoms with Crippen molar-refractivity contribution in [3.63, 3.8) is 0 Å². The van der Waals surface area contributed by atoms with Gasteiger partial charge in [-0.2, -0.15) is 4.31 Å². The monoisotopic (exact) mass is 389 g/mol. The minimum Gasteiger partial charge on any atom is -0.330 e. The highest BCUT2D eigenvalue weighted by Crippen LogP contribution is 2.38. The van der Waals surface area contributed by atoms with Crippen LogP contribution in [0.1, 0.15) is 22.6 Å². The molecule has 1 saturated heterocycles. The summed E-state index contributed by atoms with van der Waals surface area (Å²) in [6.45, 7) is 4.22. The Balaban J connectivity index is 2.04. The number of hydrogen-bond donors (Lipinski definition) is 1. The first-order valence-corrected chi connectivity index (χ1v) is 10.2. The summed E-state index contributed by atoms with van der Waals surface area (Å²) in [5.41, 5.74) is 7.67. The van der Waals surface area contributed by atoms with Crippen LogP contribution in [0.25, 0.3) is 0 Å². The van der Waals surface area contributed by atoms with Gasteiger partial charge >= 0.3 is 0 Å². The molecule has 8 heteroatoms. The van der Waals surface area contributed by atoms with Crippen LogP contribution < -0.4 is 5.73 Å². The Morgan fingerprint density at radius 3 is 2.41 bits per heavy atom. The molecule has 3 rings (SSSR count). The van der Waals surface area contributed by atoms with E-state index in [1.165, 1.54) is 10.4 Å². The molecule has 7 nitrogen and oxygen atoms in total. The molecule has 27 heavy (non-hydrogen) atoms. The smallest absolute Gasteiger partial charge is 0.289 e. The van der Waals surface area contributed by atoms with Crippen molar-refractivity contribution < 1.29 is 13.3 Å². The zero-order valence-electron chi connectivity index (χ0n) is 15.3. The number of rotatable bonds is 5. The molecule has 1 aliphatic heterocycles. The molecular weight excluding hydrogens is 366 g/mol. The molecule has 144 valence electrons. The van der Waals surface area contributed by atoms with E-state index in [9.17, 15) is 18.5 Å². The van der Waals surface area contributed by atoms with Gasteiger partial charge in [0.05, 0.1) is 4.92 Å². The Bertz CT molecular complexity index is 960. The predicted octanol–water partition coefficient (Wildman–Crippen LogP) is 2.57. The summed E-state index contributed by atoms with van der Waals surface area (Å²) in [7, 11) is -4.02. The maximum absolute atomic E-state index is 13.4. The van der Waals surface area contributed by atoms with Crippen molar-refractivity contribution in [1.82, 2.24) is 4.31 Å². The Hall–Kier alpha value is -2.29. The number of sulfonamides is 1. The van der Waals surface area contributed by atoms with Crippen molar-refractivity contribution in [2.75, 3.05) is 19.6 Å². The minimum atomic E-state index is -4.02. The quantitative estimate of drug-likeness (QED) is 0.625. The van der Waals surface area contributed by atoms with Crippen LogP contribution in [0, 0.1) is 29.9 Å². The third-order valence-electron chi connectivity index (χ3n) is 5.39. The Kier molecular flexibility index (Phi) is 5.32. The third-order valence-corrected chi connectivity index (χ3v) is 7.40. The lowest BCUT2D eigenvalue weighted by atomic mass is 9.89. The van der Waals surface area contributed by atoms with Gasteiger partial charge in [0.15, 0.2) is 4.90 Å². The lowest BCUT2D eigenvalue weighted by molar-refractivity contribution is -0.388. The Morgan fingerprint density at radius 1 is 1.15 bits per heavy atom. The average molecular weight is 389 g/mol. The molecule has 0 bridgehead atoms. The van der Waals surface area contributed by atoms with E-state index in [0.717, 1.165) is 5.56 Å². The fourth-order valence-electron chi connectivity index (χ4n) is 3.72. The normalized spacial score (nSPS) is 20.7. The Labute approximate surface area is 159 Å². The summed E-state index contributed by atoms with van der Waals surface area (Å²) in [6, 6.07) is 12.5. The van der Waals surface area contributed by atoms with Gasteiger partial charge in [-0.3, -0.25) is 10.1 Å². The summed E-state index contributed by atoms with van der Waals surface area (Å²) < 4.78 is 28.0. The molecule has 2 atom stereocenters. The first kappa shape index (κ1) is 19.5. The highest BCUT2D eigenvalue weighted by atomic mass is 32.2. The zero-order chi connectivity index (χ0) is 19.8. The Morgan fingerprint density at radius 2 is 1.81 bits per heavy atom. The predicted molar refractivity (Wildman–Crippen MR) is 103 cm³/mol. The van der Waals surface area contributed by atoms with Crippen LogP contribution in [0.3, 0.4) is 0 Å². The summed E-state index contributed by atoms with van der Waals surface area (Å²) >= 11 is 0. The molecule has 1 aliphatic rings. The van der Waals surface area contributed by atoms with Gasteiger partial charge in [0.2, 0.25) is 10.0 Å². The molecule has 2 aromatic rings. The van der Waals surface area contributed by atoms with E-state index in [1.54, 1.807) is 19.9 Å². The van der Waals surface area contributed by atoms with Gasteiger partial charge < -0.3 is 5.73 Å². The van der Waals surface area contributed by atoms with E-state index in [0.29, 0.717) is 17.7 Å². The van der Waals surface area contributed by atoms with Crippen LogP contribution in [0.5, 0.6) is 0 Å². The second kappa shape index (κ2) is 7.38.